The van der Waals surface area contributed by atoms with Crippen LogP contribution in [0.15, 0.2) is 12.3 Å². The molecule has 1 heterocycles. The third-order valence-corrected chi connectivity index (χ3v) is 3.28. The highest BCUT2D eigenvalue weighted by molar-refractivity contribution is 5.95. The molecular formula is C14H22N2O3. The summed E-state index contributed by atoms with van der Waals surface area (Å²) in [6, 6.07) is 1.93. The van der Waals surface area contributed by atoms with Crippen molar-refractivity contribution in [1.29, 1.82) is 0 Å². The Morgan fingerprint density at radius 2 is 2.26 bits per heavy atom. The monoisotopic (exact) mass is 266 g/mol. The molecule has 0 radical (unpaired) electrons. The first-order valence-electron chi connectivity index (χ1n) is 6.47. The molecule has 19 heavy (non-hydrogen) atoms. The fourth-order valence-corrected chi connectivity index (χ4v) is 1.97. The molecule has 1 aromatic heterocycles. The van der Waals surface area contributed by atoms with Gasteiger partial charge in [0.05, 0.1) is 6.61 Å². The van der Waals surface area contributed by atoms with Crippen LogP contribution in [-0.2, 0) is 4.74 Å². The van der Waals surface area contributed by atoms with Crippen LogP contribution >= 0.6 is 0 Å². The van der Waals surface area contributed by atoms with Crippen molar-refractivity contribution in [3.8, 4) is 0 Å². The van der Waals surface area contributed by atoms with Gasteiger partial charge in [0.15, 0.2) is 0 Å². The lowest BCUT2D eigenvalue weighted by Gasteiger charge is -2.30. The highest BCUT2D eigenvalue weighted by atomic mass is 16.5. The van der Waals surface area contributed by atoms with E-state index >= 15 is 0 Å². The summed E-state index contributed by atoms with van der Waals surface area (Å²) in [5, 5.41) is 9.38. The fraction of sp³-hybridized carbons (Fsp3) is 0.571. The molecule has 0 spiro atoms. The van der Waals surface area contributed by atoms with Crippen LogP contribution in [0.5, 0.6) is 0 Å². The SMILES string of the molecule is CCC(C)N(CCOC)c1nccc(C)c1C(=O)O. The summed E-state index contributed by atoms with van der Waals surface area (Å²) in [6.45, 7) is 7.09. The van der Waals surface area contributed by atoms with Crippen molar-refractivity contribution in [3.63, 3.8) is 0 Å². The number of hydrogen-bond acceptors (Lipinski definition) is 4. The first-order chi connectivity index (χ1) is 9.02. The predicted molar refractivity (Wildman–Crippen MR) is 74.9 cm³/mol. The summed E-state index contributed by atoms with van der Waals surface area (Å²) in [4.78, 5) is 17.7. The lowest BCUT2D eigenvalue weighted by molar-refractivity contribution is 0.0696. The second kappa shape index (κ2) is 7.09. The molecule has 0 aliphatic heterocycles. The first-order valence-corrected chi connectivity index (χ1v) is 6.47. The molecule has 0 aliphatic rings. The second-order valence-electron chi connectivity index (χ2n) is 4.58. The van der Waals surface area contributed by atoms with E-state index in [1.54, 1.807) is 26.3 Å². The number of nitrogens with zero attached hydrogens (tertiary/aromatic N) is 2. The highest BCUT2D eigenvalue weighted by Gasteiger charge is 2.22. The van der Waals surface area contributed by atoms with E-state index in [0.29, 0.717) is 19.0 Å². The Kier molecular flexibility index (Phi) is 5.76. The summed E-state index contributed by atoms with van der Waals surface area (Å²) in [5.41, 5.74) is 1.00. The molecule has 0 saturated heterocycles. The maximum atomic E-state index is 11.4. The lowest BCUT2D eigenvalue weighted by Crippen LogP contribution is -2.37. The molecule has 106 valence electrons. The Hall–Kier alpha value is -1.62. The van der Waals surface area contributed by atoms with Crippen molar-refractivity contribution >= 4 is 11.8 Å². The van der Waals surface area contributed by atoms with Gasteiger partial charge in [-0.3, -0.25) is 0 Å². The van der Waals surface area contributed by atoms with Gasteiger partial charge in [-0.25, -0.2) is 9.78 Å². The number of aromatic carboxylic acids is 1. The van der Waals surface area contributed by atoms with Gasteiger partial charge in [-0.05, 0) is 31.9 Å². The van der Waals surface area contributed by atoms with Gasteiger partial charge < -0.3 is 14.7 Å². The predicted octanol–water partition coefficient (Wildman–Crippen LogP) is 2.34. The molecule has 1 aromatic rings. The van der Waals surface area contributed by atoms with Crippen LogP contribution < -0.4 is 4.90 Å². The number of aromatic nitrogens is 1. The molecule has 0 fully saturated rings. The van der Waals surface area contributed by atoms with Gasteiger partial charge in [-0.2, -0.15) is 0 Å². The zero-order chi connectivity index (χ0) is 14.4. The Morgan fingerprint density at radius 3 is 2.79 bits per heavy atom. The lowest BCUT2D eigenvalue weighted by atomic mass is 10.1. The van der Waals surface area contributed by atoms with Crippen molar-refractivity contribution in [1.82, 2.24) is 4.98 Å². The minimum Gasteiger partial charge on any atom is -0.478 e. The number of carboxylic acids is 1. The van der Waals surface area contributed by atoms with Gasteiger partial charge in [0.2, 0.25) is 0 Å². The second-order valence-corrected chi connectivity index (χ2v) is 4.58. The van der Waals surface area contributed by atoms with E-state index in [1.807, 2.05) is 4.90 Å². The zero-order valence-electron chi connectivity index (χ0n) is 12.0. The first kappa shape index (κ1) is 15.4. The largest absolute Gasteiger partial charge is 0.478 e. The quantitative estimate of drug-likeness (QED) is 0.820. The number of aryl methyl sites for hydroxylation is 1. The molecule has 0 aromatic carbocycles. The molecule has 1 N–H and O–H groups in total. The molecule has 1 atom stereocenters. The average Bonchev–Trinajstić information content (AvgIpc) is 2.38. The summed E-state index contributed by atoms with van der Waals surface area (Å²) in [5.74, 6) is -0.412. The normalized spacial score (nSPS) is 12.2. The van der Waals surface area contributed by atoms with E-state index in [4.69, 9.17) is 4.74 Å². The molecule has 1 unspecified atom stereocenters. The Balaban J connectivity index is 3.21. The van der Waals surface area contributed by atoms with Gasteiger partial charge in [-0.15, -0.1) is 0 Å². The standard InChI is InChI=1S/C14H22N2O3/c1-5-11(3)16(8-9-19-4)13-12(14(17)18)10(2)6-7-15-13/h6-7,11H,5,8-9H2,1-4H3,(H,17,18). The van der Waals surface area contributed by atoms with Crippen LogP contribution in [0.3, 0.4) is 0 Å². The number of methoxy groups -OCH3 is 1. The van der Waals surface area contributed by atoms with E-state index in [1.165, 1.54) is 0 Å². The van der Waals surface area contributed by atoms with Crippen molar-refractivity contribution in [2.24, 2.45) is 0 Å². The van der Waals surface area contributed by atoms with E-state index in [-0.39, 0.29) is 11.6 Å². The van der Waals surface area contributed by atoms with Gasteiger partial charge in [0, 0.05) is 25.9 Å². The fourth-order valence-electron chi connectivity index (χ4n) is 1.97. The molecule has 0 bridgehead atoms. The van der Waals surface area contributed by atoms with Gasteiger partial charge >= 0.3 is 5.97 Å². The molecular weight excluding hydrogens is 244 g/mol. The number of carboxylic acid groups (broad SMARTS) is 1. The van der Waals surface area contributed by atoms with Crippen LogP contribution in [0.25, 0.3) is 0 Å². The third-order valence-electron chi connectivity index (χ3n) is 3.28. The molecule has 5 nitrogen and oxygen atoms in total. The molecule has 1 rings (SSSR count). The summed E-state index contributed by atoms with van der Waals surface area (Å²) >= 11 is 0. The molecule has 0 amide bonds. The van der Waals surface area contributed by atoms with Crippen LogP contribution in [-0.4, -0.2) is 42.4 Å². The van der Waals surface area contributed by atoms with Gasteiger partial charge in [-0.1, -0.05) is 6.92 Å². The number of hydrogen-bond donors (Lipinski definition) is 1. The average molecular weight is 266 g/mol. The van der Waals surface area contributed by atoms with E-state index in [9.17, 15) is 9.90 Å². The van der Waals surface area contributed by atoms with E-state index in [0.717, 1.165) is 12.0 Å². The number of rotatable bonds is 7. The maximum Gasteiger partial charge on any atom is 0.339 e. The van der Waals surface area contributed by atoms with Crippen LogP contribution in [0.4, 0.5) is 5.82 Å². The Morgan fingerprint density at radius 1 is 1.58 bits per heavy atom. The summed E-state index contributed by atoms with van der Waals surface area (Å²) < 4.78 is 5.10. The Labute approximate surface area is 114 Å². The van der Waals surface area contributed by atoms with Gasteiger partial charge in [0.1, 0.15) is 11.4 Å². The van der Waals surface area contributed by atoms with Crippen LogP contribution in [0.2, 0.25) is 0 Å². The zero-order valence-corrected chi connectivity index (χ0v) is 12.0. The van der Waals surface area contributed by atoms with E-state index < -0.39 is 5.97 Å². The summed E-state index contributed by atoms with van der Waals surface area (Å²) in [7, 11) is 1.64. The Bertz CT molecular complexity index is 435. The van der Waals surface area contributed by atoms with Crippen molar-refractivity contribution in [2.75, 3.05) is 25.2 Å². The molecule has 5 heteroatoms. The molecule has 0 saturated carbocycles. The minimum absolute atomic E-state index is 0.211. The number of pyridine rings is 1. The van der Waals surface area contributed by atoms with Gasteiger partial charge in [0.25, 0.3) is 0 Å². The van der Waals surface area contributed by atoms with Crippen molar-refractivity contribution in [3.05, 3.63) is 23.4 Å². The van der Waals surface area contributed by atoms with Crippen LogP contribution in [0.1, 0.15) is 36.2 Å². The molecule has 0 aliphatic carbocycles. The topological polar surface area (TPSA) is 62.7 Å². The smallest absolute Gasteiger partial charge is 0.339 e. The number of anilines is 1. The maximum absolute atomic E-state index is 11.4. The van der Waals surface area contributed by atoms with Crippen LogP contribution in [0, 0.1) is 6.92 Å². The third kappa shape index (κ3) is 3.67. The highest BCUT2D eigenvalue weighted by Crippen LogP contribution is 2.23. The number of carbonyl (C=O) groups is 1. The van der Waals surface area contributed by atoms with E-state index in [2.05, 4.69) is 18.8 Å². The van der Waals surface area contributed by atoms with Crippen molar-refractivity contribution < 1.29 is 14.6 Å². The minimum atomic E-state index is -0.939. The summed E-state index contributed by atoms with van der Waals surface area (Å²) in [6.07, 6.45) is 2.57. The van der Waals surface area contributed by atoms with Crippen molar-refractivity contribution in [2.45, 2.75) is 33.2 Å². The number of ether oxygens (including phenoxy) is 1.